The van der Waals surface area contributed by atoms with Crippen LogP contribution in [0.4, 0.5) is 5.82 Å². The Morgan fingerprint density at radius 2 is 1.79 bits per heavy atom. The van der Waals surface area contributed by atoms with Crippen LogP contribution in [0.1, 0.15) is 30.5 Å². The Morgan fingerprint density at radius 1 is 1.07 bits per heavy atom. The Morgan fingerprint density at radius 3 is 2.41 bits per heavy atom. The second kappa shape index (κ2) is 10.0. The van der Waals surface area contributed by atoms with Gasteiger partial charge in [-0.05, 0) is 24.2 Å². The van der Waals surface area contributed by atoms with Crippen molar-refractivity contribution in [3.05, 3.63) is 59.8 Å². The molecule has 1 saturated heterocycles. The monoisotopic (exact) mass is 395 g/mol. The summed E-state index contributed by atoms with van der Waals surface area (Å²) >= 11 is 0. The van der Waals surface area contributed by atoms with Gasteiger partial charge in [-0.3, -0.25) is 9.59 Å². The van der Waals surface area contributed by atoms with E-state index in [9.17, 15) is 9.59 Å². The van der Waals surface area contributed by atoms with Gasteiger partial charge in [-0.1, -0.05) is 36.4 Å². The van der Waals surface area contributed by atoms with Crippen molar-refractivity contribution in [2.24, 2.45) is 0 Å². The van der Waals surface area contributed by atoms with Crippen LogP contribution < -0.4 is 15.5 Å². The van der Waals surface area contributed by atoms with Gasteiger partial charge in [0.2, 0.25) is 11.8 Å². The second-order valence-electron chi connectivity index (χ2n) is 7.46. The maximum Gasteiger partial charge on any atom is 0.222 e. The smallest absolute Gasteiger partial charge is 0.222 e. The van der Waals surface area contributed by atoms with Crippen molar-refractivity contribution in [2.75, 3.05) is 38.1 Å². The number of rotatable bonds is 7. The lowest BCUT2D eigenvalue weighted by Gasteiger charge is -2.33. The third-order valence-corrected chi connectivity index (χ3v) is 5.10. The number of carbonyl (C=O) groups is 2. The lowest BCUT2D eigenvalue weighted by Crippen LogP contribution is -2.44. The van der Waals surface area contributed by atoms with E-state index in [4.69, 9.17) is 0 Å². The molecule has 3 rings (SSSR count). The molecule has 1 aliphatic rings. The minimum atomic E-state index is -0.341. The largest absolute Gasteiger partial charge is 0.354 e. The van der Waals surface area contributed by atoms with Crippen LogP contribution in [0.15, 0.2) is 48.7 Å². The van der Waals surface area contributed by atoms with Crippen molar-refractivity contribution < 1.29 is 9.59 Å². The van der Waals surface area contributed by atoms with Crippen molar-refractivity contribution in [1.82, 2.24) is 20.5 Å². The van der Waals surface area contributed by atoms with E-state index in [-0.39, 0.29) is 24.3 Å². The van der Waals surface area contributed by atoms with Gasteiger partial charge in [-0.25, -0.2) is 4.98 Å². The third kappa shape index (κ3) is 6.29. The summed E-state index contributed by atoms with van der Waals surface area (Å²) in [5.41, 5.74) is 1.86. The summed E-state index contributed by atoms with van der Waals surface area (Å²) in [6.45, 7) is 5.90. The van der Waals surface area contributed by atoms with Crippen LogP contribution in [-0.2, 0) is 16.1 Å². The SMILES string of the molecule is CC(=O)NC(CC(=O)NCc1ccc(N2CCN(C)CC2)nc1)c1ccccc1. The zero-order valence-corrected chi connectivity index (χ0v) is 17.1. The highest BCUT2D eigenvalue weighted by Gasteiger charge is 2.17. The molecule has 1 aromatic heterocycles. The number of hydrogen-bond donors (Lipinski definition) is 2. The molecule has 2 heterocycles. The first-order valence-electron chi connectivity index (χ1n) is 9.98. The molecule has 2 N–H and O–H groups in total. The van der Waals surface area contributed by atoms with E-state index in [1.54, 1.807) is 0 Å². The van der Waals surface area contributed by atoms with Gasteiger partial charge in [-0.15, -0.1) is 0 Å². The maximum atomic E-state index is 12.4. The molecule has 29 heavy (non-hydrogen) atoms. The summed E-state index contributed by atoms with van der Waals surface area (Å²) in [4.78, 5) is 33.1. The van der Waals surface area contributed by atoms with E-state index >= 15 is 0 Å². The molecule has 2 amide bonds. The third-order valence-electron chi connectivity index (χ3n) is 5.10. The van der Waals surface area contributed by atoms with E-state index in [1.165, 1.54) is 6.92 Å². The van der Waals surface area contributed by atoms with Crippen LogP contribution in [0.3, 0.4) is 0 Å². The molecular formula is C22H29N5O2. The summed E-state index contributed by atoms with van der Waals surface area (Å²) in [6, 6.07) is 13.2. The highest BCUT2D eigenvalue weighted by Crippen LogP contribution is 2.17. The van der Waals surface area contributed by atoms with E-state index < -0.39 is 0 Å². The molecule has 1 fully saturated rings. The number of benzene rings is 1. The van der Waals surface area contributed by atoms with Crippen LogP contribution in [-0.4, -0.2) is 54.9 Å². The molecule has 0 bridgehead atoms. The fourth-order valence-electron chi connectivity index (χ4n) is 3.38. The lowest BCUT2D eigenvalue weighted by atomic mass is 10.0. The Labute approximate surface area is 172 Å². The van der Waals surface area contributed by atoms with Crippen molar-refractivity contribution >= 4 is 17.6 Å². The Balaban J connectivity index is 1.52. The molecule has 2 aromatic rings. The van der Waals surface area contributed by atoms with Crippen molar-refractivity contribution in [3.8, 4) is 0 Å². The van der Waals surface area contributed by atoms with Gasteiger partial charge in [0.1, 0.15) is 5.82 Å². The van der Waals surface area contributed by atoms with Crippen molar-refractivity contribution in [3.63, 3.8) is 0 Å². The molecule has 1 unspecified atom stereocenters. The van der Waals surface area contributed by atoms with Gasteiger partial charge in [0.15, 0.2) is 0 Å². The number of nitrogens with zero attached hydrogens (tertiary/aromatic N) is 3. The number of pyridine rings is 1. The number of piperazine rings is 1. The molecule has 0 radical (unpaired) electrons. The first kappa shape index (κ1) is 20.8. The summed E-state index contributed by atoms with van der Waals surface area (Å²) in [6.07, 6.45) is 2.01. The van der Waals surface area contributed by atoms with Gasteiger partial charge >= 0.3 is 0 Å². The fourth-order valence-corrected chi connectivity index (χ4v) is 3.38. The van der Waals surface area contributed by atoms with Crippen LogP contribution in [0.5, 0.6) is 0 Å². The van der Waals surface area contributed by atoms with Crippen molar-refractivity contribution in [1.29, 1.82) is 0 Å². The number of carbonyl (C=O) groups excluding carboxylic acids is 2. The minimum absolute atomic E-state index is 0.115. The molecule has 0 spiro atoms. The second-order valence-corrected chi connectivity index (χ2v) is 7.46. The van der Waals surface area contributed by atoms with Gasteiger partial charge in [0, 0.05) is 45.8 Å². The predicted octanol–water partition coefficient (Wildman–Crippen LogP) is 1.72. The van der Waals surface area contributed by atoms with Gasteiger partial charge in [0.05, 0.1) is 12.5 Å². The molecular weight excluding hydrogens is 366 g/mol. The van der Waals surface area contributed by atoms with Crippen LogP contribution in [0.25, 0.3) is 0 Å². The highest BCUT2D eigenvalue weighted by atomic mass is 16.2. The topological polar surface area (TPSA) is 77.6 Å². The summed E-state index contributed by atoms with van der Waals surface area (Å²) in [5.74, 6) is 0.703. The number of likely N-dealkylation sites (N-methyl/N-ethyl adjacent to an activating group) is 1. The Bertz CT molecular complexity index is 802. The molecule has 1 aromatic carbocycles. The fraction of sp³-hybridized carbons (Fsp3) is 0.409. The molecule has 7 nitrogen and oxygen atoms in total. The van der Waals surface area contributed by atoms with Gasteiger partial charge < -0.3 is 20.4 Å². The Kier molecular flexibility index (Phi) is 7.19. The highest BCUT2D eigenvalue weighted by molar-refractivity contribution is 5.79. The number of anilines is 1. The lowest BCUT2D eigenvalue weighted by molar-refractivity contribution is -0.122. The van der Waals surface area contributed by atoms with E-state index in [0.29, 0.717) is 6.54 Å². The number of hydrogen-bond acceptors (Lipinski definition) is 5. The summed E-state index contributed by atoms with van der Waals surface area (Å²) in [5, 5.41) is 5.78. The molecule has 0 aliphatic carbocycles. The maximum absolute atomic E-state index is 12.4. The number of aromatic nitrogens is 1. The average molecular weight is 396 g/mol. The van der Waals surface area contributed by atoms with Crippen LogP contribution >= 0.6 is 0 Å². The molecule has 0 saturated carbocycles. The number of nitrogens with one attached hydrogen (secondary N) is 2. The Hall–Kier alpha value is -2.93. The zero-order valence-electron chi connectivity index (χ0n) is 17.1. The van der Waals surface area contributed by atoms with E-state index in [0.717, 1.165) is 43.1 Å². The molecule has 1 atom stereocenters. The predicted molar refractivity (Wildman–Crippen MR) is 113 cm³/mol. The van der Waals surface area contributed by atoms with Crippen molar-refractivity contribution in [2.45, 2.75) is 25.9 Å². The molecule has 7 heteroatoms. The zero-order chi connectivity index (χ0) is 20.6. The first-order chi connectivity index (χ1) is 14.0. The van der Waals surface area contributed by atoms with Gasteiger partial charge in [-0.2, -0.15) is 0 Å². The average Bonchev–Trinajstić information content (AvgIpc) is 2.73. The van der Waals surface area contributed by atoms with Crippen LogP contribution in [0, 0.1) is 0 Å². The molecule has 1 aliphatic heterocycles. The summed E-state index contributed by atoms with van der Waals surface area (Å²) in [7, 11) is 2.13. The normalized spacial score (nSPS) is 15.6. The molecule has 154 valence electrons. The van der Waals surface area contributed by atoms with E-state index in [2.05, 4.69) is 32.5 Å². The quantitative estimate of drug-likeness (QED) is 0.746. The first-order valence-corrected chi connectivity index (χ1v) is 9.98. The van der Waals surface area contributed by atoms with Crippen LogP contribution in [0.2, 0.25) is 0 Å². The van der Waals surface area contributed by atoms with Gasteiger partial charge in [0.25, 0.3) is 0 Å². The summed E-state index contributed by atoms with van der Waals surface area (Å²) < 4.78 is 0. The number of amides is 2. The standard InChI is InChI=1S/C22H29N5O2/c1-17(28)25-20(19-6-4-3-5-7-19)14-22(29)24-16-18-8-9-21(23-15-18)27-12-10-26(2)11-13-27/h3-9,15,20H,10-14,16H2,1-2H3,(H,24,29)(H,25,28). The minimum Gasteiger partial charge on any atom is -0.354 e. The van der Waals surface area contributed by atoms with E-state index in [1.807, 2.05) is 48.7 Å².